The Hall–Kier alpha value is -1.95. The van der Waals surface area contributed by atoms with Gasteiger partial charge in [0.2, 0.25) is 6.79 Å². The minimum atomic E-state index is -0.0850. The largest absolute Gasteiger partial charge is 0.454 e. The van der Waals surface area contributed by atoms with Gasteiger partial charge in [0, 0.05) is 31.5 Å². The zero-order valence-electron chi connectivity index (χ0n) is 11.4. The molecule has 6 heteroatoms. The summed E-state index contributed by atoms with van der Waals surface area (Å²) in [6.07, 6.45) is 0.872. The Labute approximate surface area is 117 Å². The highest BCUT2D eigenvalue weighted by atomic mass is 16.7. The van der Waals surface area contributed by atoms with E-state index in [2.05, 4.69) is 0 Å². The molecule has 0 spiro atoms. The molecular formula is C14H18N2O4. The minimum Gasteiger partial charge on any atom is -0.454 e. The lowest BCUT2D eigenvalue weighted by Gasteiger charge is -2.23. The number of amides is 1. The van der Waals surface area contributed by atoms with E-state index in [1.165, 1.54) is 0 Å². The Morgan fingerprint density at radius 1 is 1.35 bits per heavy atom. The third-order valence-corrected chi connectivity index (χ3v) is 3.51. The molecule has 1 saturated heterocycles. The molecule has 1 aromatic carbocycles. The van der Waals surface area contributed by atoms with E-state index < -0.39 is 0 Å². The molecule has 0 radical (unpaired) electrons. The maximum atomic E-state index is 12.6. The van der Waals surface area contributed by atoms with Crippen molar-refractivity contribution in [1.82, 2.24) is 4.90 Å². The number of rotatable bonds is 1. The van der Waals surface area contributed by atoms with Crippen LogP contribution in [0.2, 0.25) is 0 Å². The van der Waals surface area contributed by atoms with Gasteiger partial charge in [0.25, 0.3) is 5.91 Å². The molecule has 1 aromatic rings. The highest BCUT2D eigenvalue weighted by Gasteiger charge is 2.25. The summed E-state index contributed by atoms with van der Waals surface area (Å²) in [5, 5.41) is 0. The van der Waals surface area contributed by atoms with Crippen LogP contribution in [0.1, 0.15) is 23.7 Å². The van der Waals surface area contributed by atoms with E-state index in [1.807, 2.05) is 6.92 Å². The van der Waals surface area contributed by atoms with Crippen LogP contribution < -0.4 is 15.2 Å². The molecule has 6 nitrogen and oxygen atoms in total. The van der Waals surface area contributed by atoms with Crippen molar-refractivity contribution in [2.75, 3.05) is 32.2 Å². The van der Waals surface area contributed by atoms with E-state index in [-0.39, 0.29) is 18.8 Å². The maximum absolute atomic E-state index is 12.6. The van der Waals surface area contributed by atoms with Crippen LogP contribution in [0.5, 0.6) is 11.5 Å². The molecule has 0 aliphatic carbocycles. The van der Waals surface area contributed by atoms with Crippen LogP contribution in [0, 0.1) is 0 Å². The molecule has 0 saturated carbocycles. The summed E-state index contributed by atoms with van der Waals surface area (Å²) in [5.41, 5.74) is 6.84. The minimum absolute atomic E-state index is 0.0386. The number of carbonyl (C=O) groups excluding carboxylic acids is 1. The molecular weight excluding hydrogens is 260 g/mol. The zero-order valence-corrected chi connectivity index (χ0v) is 11.4. The van der Waals surface area contributed by atoms with E-state index in [0.717, 1.165) is 6.42 Å². The molecule has 20 heavy (non-hydrogen) atoms. The first-order valence-corrected chi connectivity index (χ1v) is 6.75. The van der Waals surface area contributed by atoms with Gasteiger partial charge in [-0.3, -0.25) is 4.79 Å². The standard InChI is InChI=1S/C14H18N2O4/c1-9-7-16(3-2-4-18-9)14(17)10-5-12-13(6-11(10)15)20-8-19-12/h5-6,9H,2-4,7-8,15H2,1H3. The third-order valence-electron chi connectivity index (χ3n) is 3.51. The second-order valence-corrected chi connectivity index (χ2v) is 5.08. The normalized spacial score (nSPS) is 21.6. The Kier molecular flexibility index (Phi) is 3.40. The van der Waals surface area contributed by atoms with Gasteiger partial charge >= 0.3 is 0 Å². The predicted octanol–water partition coefficient (Wildman–Crippen LogP) is 1.25. The summed E-state index contributed by atoms with van der Waals surface area (Å²) in [4.78, 5) is 14.4. The van der Waals surface area contributed by atoms with Crippen LogP contribution in [0.25, 0.3) is 0 Å². The van der Waals surface area contributed by atoms with Crippen molar-refractivity contribution in [3.8, 4) is 11.5 Å². The predicted molar refractivity (Wildman–Crippen MR) is 72.9 cm³/mol. The number of ether oxygens (including phenoxy) is 3. The van der Waals surface area contributed by atoms with E-state index in [1.54, 1.807) is 17.0 Å². The van der Waals surface area contributed by atoms with Gasteiger partial charge in [0.15, 0.2) is 11.5 Å². The zero-order chi connectivity index (χ0) is 14.1. The first kappa shape index (κ1) is 13.1. The van der Waals surface area contributed by atoms with Crippen molar-refractivity contribution in [2.24, 2.45) is 0 Å². The number of hydrogen-bond acceptors (Lipinski definition) is 5. The van der Waals surface area contributed by atoms with Gasteiger partial charge in [0.1, 0.15) is 0 Å². The lowest BCUT2D eigenvalue weighted by atomic mass is 10.1. The second-order valence-electron chi connectivity index (χ2n) is 5.08. The highest BCUT2D eigenvalue weighted by Crippen LogP contribution is 2.36. The monoisotopic (exact) mass is 278 g/mol. The van der Waals surface area contributed by atoms with Gasteiger partial charge < -0.3 is 24.8 Å². The van der Waals surface area contributed by atoms with Crippen molar-refractivity contribution < 1.29 is 19.0 Å². The molecule has 1 fully saturated rings. The van der Waals surface area contributed by atoms with Gasteiger partial charge in [-0.05, 0) is 19.4 Å². The maximum Gasteiger partial charge on any atom is 0.256 e. The Bertz CT molecular complexity index is 532. The molecule has 2 aliphatic rings. The fourth-order valence-corrected chi connectivity index (χ4v) is 2.49. The summed E-state index contributed by atoms with van der Waals surface area (Å²) >= 11 is 0. The van der Waals surface area contributed by atoms with Gasteiger partial charge in [0.05, 0.1) is 11.7 Å². The van der Waals surface area contributed by atoms with Gasteiger partial charge in [-0.25, -0.2) is 0 Å². The Morgan fingerprint density at radius 2 is 2.10 bits per heavy atom. The van der Waals surface area contributed by atoms with Crippen molar-refractivity contribution in [2.45, 2.75) is 19.4 Å². The fourth-order valence-electron chi connectivity index (χ4n) is 2.49. The van der Waals surface area contributed by atoms with Crippen molar-refractivity contribution in [3.63, 3.8) is 0 Å². The van der Waals surface area contributed by atoms with E-state index in [4.69, 9.17) is 19.9 Å². The molecule has 3 rings (SSSR count). The smallest absolute Gasteiger partial charge is 0.256 e. The average Bonchev–Trinajstić information content (AvgIpc) is 2.76. The van der Waals surface area contributed by atoms with Crippen molar-refractivity contribution in [1.29, 1.82) is 0 Å². The molecule has 2 heterocycles. The molecule has 1 atom stereocenters. The van der Waals surface area contributed by atoms with Crippen LogP contribution in [0.3, 0.4) is 0 Å². The Morgan fingerprint density at radius 3 is 2.90 bits per heavy atom. The number of anilines is 1. The summed E-state index contributed by atoms with van der Waals surface area (Å²) < 4.78 is 16.1. The molecule has 2 aliphatic heterocycles. The molecule has 108 valence electrons. The lowest BCUT2D eigenvalue weighted by Crippen LogP contribution is -2.36. The Balaban J connectivity index is 1.86. The number of nitrogens with two attached hydrogens (primary N) is 1. The van der Waals surface area contributed by atoms with Gasteiger partial charge in [-0.1, -0.05) is 0 Å². The lowest BCUT2D eigenvalue weighted by molar-refractivity contribution is 0.0563. The number of carbonyl (C=O) groups is 1. The summed E-state index contributed by atoms with van der Waals surface area (Å²) in [6.45, 7) is 4.07. The SMILES string of the molecule is CC1CN(C(=O)c2cc3c(cc2N)OCO3)CCCO1. The molecule has 0 aromatic heterocycles. The number of fused-ring (bicyclic) bond motifs is 1. The molecule has 2 N–H and O–H groups in total. The summed E-state index contributed by atoms with van der Waals surface area (Å²) in [6, 6.07) is 3.31. The highest BCUT2D eigenvalue weighted by molar-refractivity contribution is 6.00. The number of hydrogen-bond donors (Lipinski definition) is 1. The van der Waals surface area contributed by atoms with Crippen LogP contribution in [-0.4, -0.2) is 43.4 Å². The quantitative estimate of drug-likeness (QED) is 0.783. The molecule has 1 unspecified atom stereocenters. The molecule has 0 bridgehead atoms. The summed E-state index contributed by atoms with van der Waals surface area (Å²) in [7, 11) is 0. The van der Waals surface area contributed by atoms with E-state index in [9.17, 15) is 4.79 Å². The van der Waals surface area contributed by atoms with Crippen LogP contribution >= 0.6 is 0 Å². The van der Waals surface area contributed by atoms with Crippen LogP contribution in [0.15, 0.2) is 12.1 Å². The molecule has 1 amide bonds. The third kappa shape index (κ3) is 2.38. The average molecular weight is 278 g/mol. The number of benzene rings is 1. The van der Waals surface area contributed by atoms with E-state index >= 15 is 0 Å². The first-order valence-electron chi connectivity index (χ1n) is 6.75. The fraction of sp³-hybridized carbons (Fsp3) is 0.500. The van der Waals surface area contributed by atoms with Gasteiger partial charge in [-0.2, -0.15) is 0 Å². The number of nitrogens with zero attached hydrogens (tertiary/aromatic N) is 1. The van der Waals surface area contributed by atoms with Crippen LogP contribution in [0.4, 0.5) is 5.69 Å². The topological polar surface area (TPSA) is 74.0 Å². The van der Waals surface area contributed by atoms with Crippen molar-refractivity contribution in [3.05, 3.63) is 17.7 Å². The van der Waals surface area contributed by atoms with Gasteiger partial charge in [-0.15, -0.1) is 0 Å². The van der Waals surface area contributed by atoms with Crippen molar-refractivity contribution >= 4 is 11.6 Å². The summed E-state index contributed by atoms with van der Waals surface area (Å²) in [5.74, 6) is 1.08. The number of nitrogen functional groups attached to an aromatic ring is 1. The van der Waals surface area contributed by atoms with E-state index in [0.29, 0.717) is 42.4 Å². The second kappa shape index (κ2) is 5.20. The first-order chi connectivity index (χ1) is 9.65. The van der Waals surface area contributed by atoms with Crippen LogP contribution in [-0.2, 0) is 4.74 Å².